The highest BCUT2D eigenvalue weighted by molar-refractivity contribution is 6.05. The number of rotatable bonds is 2. The van der Waals surface area contributed by atoms with Crippen molar-refractivity contribution >= 4 is 11.8 Å². The number of methoxy groups -OCH3 is 2. The molecule has 2 atom stereocenters. The molecule has 24 heavy (non-hydrogen) atoms. The number of carbonyl (C=O) groups is 2. The Labute approximate surface area is 138 Å². The Morgan fingerprint density at radius 2 is 2.21 bits per heavy atom. The van der Waals surface area contributed by atoms with E-state index in [0.717, 1.165) is 12.1 Å². The second-order valence-electron chi connectivity index (χ2n) is 5.91. The molecule has 2 aliphatic heterocycles. The van der Waals surface area contributed by atoms with E-state index in [9.17, 15) is 9.59 Å². The van der Waals surface area contributed by atoms with Gasteiger partial charge in [-0.25, -0.2) is 9.78 Å². The van der Waals surface area contributed by atoms with Crippen LogP contribution in [0.3, 0.4) is 0 Å². The van der Waals surface area contributed by atoms with Crippen molar-refractivity contribution in [2.75, 3.05) is 20.8 Å². The lowest BCUT2D eigenvalue weighted by Crippen LogP contribution is -2.34. The molecular weight excluding hydrogens is 310 g/mol. The molecule has 1 saturated heterocycles. The molecule has 124 valence electrons. The van der Waals surface area contributed by atoms with Gasteiger partial charge in [0.2, 0.25) is 0 Å². The van der Waals surface area contributed by atoms with Crippen LogP contribution in [0.2, 0.25) is 0 Å². The number of aromatic nitrogens is 2. The third-order valence-corrected chi connectivity index (χ3v) is 4.77. The number of nitrogens with zero attached hydrogens (tertiary/aromatic N) is 2. The monoisotopic (exact) mass is 327 g/mol. The highest BCUT2D eigenvalue weighted by Gasteiger charge is 2.42. The maximum Gasteiger partial charge on any atom is 0.358 e. The lowest BCUT2D eigenvalue weighted by molar-refractivity contribution is 0.0591. The topological polar surface area (TPSA) is 82.5 Å². The predicted octanol–water partition coefficient (Wildman–Crippen LogP) is 1.31. The summed E-state index contributed by atoms with van der Waals surface area (Å²) in [6, 6.07) is 4.97. The number of carbonyl (C=O) groups excluding carboxylic acids is 2. The van der Waals surface area contributed by atoms with Crippen LogP contribution in [0.25, 0.3) is 5.69 Å². The van der Waals surface area contributed by atoms with Gasteiger partial charge in [0, 0.05) is 11.5 Å². The lowest BCUT2D eigenvalue weighted by Gasteiger charge is -2.16. The molecule has 4 rings (SSSR count). The van der Waals surface area contributed by atoms with Crippen molar-refractivity contribution in [3.8, 4) is 11.4 Å². The van der Waals surface area contributed by atoms with Gasteiger partial charge in [-0.05, 0) is 31.2 Å². The molecule has 3 heterocycles. The zero-order valence-corrected chi connectivity index (χ0v) is 13.4. The molecule has 1 fully saturated rings. The first kappa shape index (κ1) is 14.9. The molecule has 0 spiro atoms. The van der Waals surface area contributed by atoms with Gasteiger partial charge in [0.25, 0.3) is 0 Å². The predicted molar refractivity (Wildman–Crippen MR) is 84.9 cm³/mol. The number of benzene rings is 1. The average molecular weight is 327 g/mol. The van der Waals surface area contributed by atoms with Crippen molar-refractivity contribution in [3.05, 3.63) is 41.5 Å². The van der Waals surface area contributed by atoms with E-state index in [4.69, 9.17) is 9.47 Å². The summed E-state index contributed by atoms with van der Waals surface area (Å²) in [7, 11) is 2.90. The summed E-state index contributed by atoms with van der Waals surface area (Å²) in [5, 5.41) is 3.26. The minimum Gasteiger partial charge on any atom is -0.497 e. The summed E-state index contributed by atoms with van der Waals surface area (Å²) in [5.74, 6) is 0.0191. The van der Waals surface area contributed by atoms with Gasteiger partial charge in [-0.1, -0.05) is 0 Å². The molecular formula is C17H17N3O4. The van der Waals surface area contributed by atoms with Crippen LogP contribution >= 0.6 is 0 Å². The molecule has 2 aromatic rings. The van der Waals surface area contributed by atoms with Gasteiger partial charge in [-0.2, -0.15) is 0 Å². The van der Waals surface area contributed by atoms with Crippen molar-refractivity contribution in [3.63, 3.8) is 0 Å². The number of ketones is 1. The zero-order chi connectivity index (χ0) is 16.8. The van der Waals surface area contributed by atoms with Crippen LogP contribution in [-0.4, -0.2) is 48.1 Å². The van der Waals surface area contributed by atoms with Crippen molar-refractivity contribution < 1.29 is 19.1 Å². The van der Waals surface area contributed by atoms with Crippen LogP contribution in [-0.2, 0) is 4.74 Å². The van der Waals surface area contributed by atoms with Crippen molar-refractivity contribution in [2.24, 2.45) is 0 Å². The maximum atomic E-state index is 13.0. The molecule has 1 aromatic carbocycles. The van der Waals surface area contributed by atoms with Gasteiger partial charge >= 0.3 is 5.97 Å². The number of imidazole rings is 1. The number of esters is 1. The smallest absolute Gasteiger partial charge is 0.358 e. The number of fused-ring (bicyclic) bond motifs is 5. The van der Waals surface area contributed by atoms with E-state index >= 15 is 0 Å². The normalized spacial score (nSPS) is 21.5. The molecule has 0 saturated carbocycles. The summed E-state index contributed by atoms with van der Waals surface area (Å²) in [5.41, 5.74) is 2.27. The number of hydrogen-bond acceptors (Lipinski definition) is 6. The molecule has 1 N–H and O–H groups in total. The Morgan fingerprint density at radius 3 is 2.96 bits per heavy atom. The highest BCUT2D eigenvalue weighted by Crippen LogP contribution is 2.38. The standard InChI is InChI=1S/C17H17N3O4/c1-23-9-3-4-12-11(7-9)16(21)13-10(5-6-18-13)15-14(17(22)24-2)19-8-20(12)15/h3-4,7-8,10,13,18H,5-6H2,1-2H3. The van der Waals surface area contributed by atoms with E-state index < -0.39 is 5.97 Å². The fourth-order valence-electron chi connectivity index (χ4n) is 3.65. The van der Waals surface area contributed by atoms with Gasteiger partial charge in [0.1, 0.15) is 12.1 Å². The first-order valence-corrected chi connectivity index (χ1v) is 7.77. The first-order valence-electron chi connectivity index (χ1n) is 7.77. The van der Waals surface area contributed by atoms with Gasteiger partial charge in [0.15, 0.2) is 11.5 Å². The molecule has 0 aliphatic carbocycles. The Kier molecular flexibility index (Phi) is 3.38. The minimum absolute atomic E-state index is 0.00548. The largest absolute Gasteiger partial charge is 0.497 e. The molecule has 7 nitrogen and oxygen atoms in total. The minimum atomic E-state index is -0.487. The van der Waals surface area contributed by atoms with Crippen LogP contribution in [0, 0.1) is 0 Å². The Morgan fingerprint density at radius 1 is 1.38 bits per heavy atom. The van der Waals surface area contributed by atoms with E-state index in [-0.39, 0.29) is 23.4 Å². The van der Waals surface area contributed by atoms with Crippen molar-refractivity contribution in [1.29, 1.82) is 0 Å². The van der Waals surface area contributed by atoms with Crippen LogP contribution in [0.4, 0.5) is 0 Å². The van der Waals surface area contributed by atoms with Gasteiger partial charge in [-0.15, -0.1) is 0 Å². The van der Waals surface area contributed by atoms with Crippen LogP contribution < -0.4 is 10.1 Å². The molecule has 2 unspecified atom stereocenters. The summed E-state index contributed by atoms with van der Waals surface area (Å²) < 4.78 is 11.9. The van der Waals surface area contributed by atoms with Crippen LogP contribution in [0.5, 0.6) is 5.75 Å². The second kappa shape index (κ2) is 5.45. The Bertz CT molecular complexity index is 842. The third kappa shape index (κ3) is 1.98. The van der Waals surface area contributed by atoms with Crippen LogP contribution in [0.15, 0.2) is 24.5 Å². The molecule has 1 aromatic heterocycles. The van der Waals surface area contributed by atoms with Crippen molar-refractivity contribution in [1.82, 2.24) is 14.9 Å². The maximum absolute atomic E-state index is 13.0. The second-order valence-corrected chi connectivity index (χ2v) is 5.91. The van der Waals surface area contributed by atoms with Crippen molar-refractivity contribution in [2.45, 2.75) is 18.4 Å². The number of hydrogen-bond donors (Lipinski definition) is 1. The summed E-state index contributed by atoms with van der Waals surface area (Å²) in [6.07, 6.45) is 2.35. The summed E-state index contributed by atoms with van der Waals surface area (Å²) >= 11 is 0. The van der Waals surface area contributed by atoms with Crippen LogP contribution in [0.1, 0.15) is 38.9 Å². The first-order chi connectivity index (χ1) is 11.7. The fourth-order valence-corrected chi connectivity index (χ4v) is 3.65. The Balaban J connectivity index is 1.99. The molecule has 7 heteroatoms. The van der Waals surface area contributed by atoms with E-state index in [1.165, 1.54) is 7.11 Å². The number of ether oxygens (including phenoxy) is 2. The van der Waals surface area contributed by atoms with E-state index in [0.29, 0.717) is 23.5 Å². The van der Waals surface area contributed by atoms with E-state index in [1.54, 1.807) is 25.6 Å². The zero-order valence-electron chi connectivity index (χ0n) is 13.4. The van der Waals surface area contributed by atoms with E-state index in [2.05, 4.69) is 10.3 Å². The third-order valence-electron chi connectivity index (χ3n) is 4.77. The fraction of sp³-hybridized carbons (Fsp3) is 0.353. The highest BCUT2D eigenvalue weighted by atomic mass is 16.5. The summed E-state index contributed by atoms with van der Waals surface area (Å²) in [4.78, 5) is 29.4. The Hall–Kier alpha value is -2.67. The SMILES string of the molecule is COC(=O)c1ncn2c1C1CCNC1C(=O)c1cc(OC)ccc1-2. The number of nitrogens with one attached hydrogen (secondary N) is 1. The quantitative estimate of drug-likeness (QED) is 0.838. The molecule has 0 amide bonds. The molecule has 2 aliphatic rings. The van der Waals surface area contributed by atoms with Gasteiger partial charge in [0.05, 0.1) is 31.6 Å². The molecule has 0 radical (unpaired) electrons. The summed E-state index contributed by atoms with van der Waals surface area (Å²) in [6.45, 7) is 0.714. The van der Waals surface area contributed by atoms with E-state index in [1.807, 2.05) is 10.6 Å². The molecule has 0 bridgehead atoms. The van der Waals surface area contributed by atoms with Gasteiger partial charge < -0.3 is 19.4 Å². The number of Topliss-reactive ketones (excluding diaryl/α,β-unsaturated/α-hetero) is 1. The lowest BCUT2D eigenvalue weighted by atomic mass is 9.91. The average Bonchev–Trinajstić information content (AvgIpc) is 3.24. The van der Waals surface area contributed by atoms with Gasteiger partial charge in [-0.3, -0.25) is 4.79 Å².